The molecule has 0 aliphatic heterocycles. The molecule has 2 aromatic heterocycles. The fourth-order valence-corrected chi connectivity index (χ4v) is 7.57. The average molecular weight is 519 g/mol. The summed E-state index contributed by atoms with van der Waals surface area (Å²) >= 11 is 6.37. The summed E-state index contributed by atoms with van der Waals surface area (Å²) in [5.74, 6) is 0.567. The van der Waals surface area contributed by atoms with Crippen molar-refractivity contribution in [3.63, 3.8) is 0 Å². The van der Waals surface area contributed by atoms with E-state index < -0.39 is 0 Å². The zero-order valence-electron chi connectivity index (χ0n) is 15.0. The van der Waals surface area contributed by atoms with Crippen molar-refractivity contribution in [2.75, 3.05) is 0 Å². The van der Waals surface area contributed by atoms with Gasteiger partial charge in [0.05, 0.1) is 0 Å². The van der Waals surface area contributed by atoms with Gasteiger partial charge in [0, 0.05) is 0 Å². The summed E-state index contributed by atoms with van der Waals surface area (Å²) in [7, 11) is 0. The van der Waals surface area contributed by atoms with E-state index in [0.717, 1.165) is 29.1 Å². The SMILES string of the molecule is Clc1ccc([C@H](c2[se]nnc2-c2ccccc2)[C@@H]2CCCc3[se]nnc32)cc1. The Labute approximate surface area is 180 Å². The van der Waals surface area contributed by atoms with Crippen LogP contribution in [0.2, 0.25) is 5.02 Å². The van der Waals surface area contributed by atoms with Crippen molar-refractivity contribution in [1.29, 1.82) is 0 Å². The van der Waals surface area contributed by atoms with Crippen LogP contribution in [0.1, 0.15) is 44.8 Å². The fraction of sp³-hybridized carbons (Fsp3) is 0.238. The van der Waals surface area contributed by atoms with Gasteiger partial charge in [0.15, 0.2) is 0 Å². The summed E-state index contributed by atoms with van der Waals surface area (Å²) in [6.07, 6.45) is 3.48. The van der Waals surface area contributed by atoms with E-state index in [-0.39, 0.29) is 35.4 Å². The number of hydrogen-bond donors (Lipinski definition) is 0. The van der Waals surface area contributed by atoms with Crippen molar-refractivity contribution >= 4 is 41.1 Å². The van der Waals surface area contributed by atoms with Crippen LogP contribution in [-0.2, 0) is 6.42 Å². The Bertz CT molecular complexity index is 1080. The van der Waals surface area contributed by atoms with Crippen molar-refractivity contribution in [2.45, 2.75) is 31.1 Å². The van der Waals surface area contributed by atoms with Crippen LogP contribution in [-0.4, -0.2) is 47.9 Å². The first-order valence-corrected chi connectivity index (χ1v) is 12.9. The Morgan fingerprint density at radius 3 is 2.54 bits per heavy atom. The molecule has 5 rings (SSSR count). The molecular weight excluding hydrogens is 502 g/mol. The van der Waals surface area contributed by atoms with Gasteiger partial charge in [0.1, 0.15) is 0 Å². The Hall–Kier alpha value is -1.55. The van der Waals surface area contributed by atoms with E-state index in [0.29, 0.717) is 5.92 Å². The molecule has 0 radical (unpaired) electrons. The van der Waals surface area contributed by atoms with E-state index in [1.165, 1.54) is 26.6 Å². The summed E-state index contributed by atoms with van der Waals surface area (Å²) in [6, 6.07) is 18.7. The van der Waals surface area contributed by atoms with E-state index >= 15 is 0 Å². The molecule has 7 heteroatoms. The molecule has 2 atom stereocenters. The van der Waals surface area contributed by atoms with Crippen LogP contribution in [0.4, 0.5) is 0 Å². The van der Waals surface area contributed by atoms with Crippen molar-refractivity contribution in [1.82, 2.24) is 18.4 Å². The molecule has 0 spiro atoms. The predicted octanol–water partition coefficient (Wildman–Crippen LogP) is 3.95. The molecule has 4 aromatic rings. The second-order valence-corrected chi connectivity index (χ2v) is 10.8. The van der Waals surface area contributed by atoms with Gasteiger partial charge in [-0.25, -0.2) is 0 Å². The van der Waals surface area contributed by atoms with Gasteiger partial charge in [-0.05, 0) is 0 Å². The van der Waals surface area contributed by atoms with Gasteiger partial charge in [-0.1, -0.05) is 0 Å². The van der Waals surface area contributed by atoms with Gasteiger partial charge in [0.2, 0.25) is 0 Å². The summed E-state index contributed by atoms with van der Waals surface area (Å²) in [6.45, 7) is 0. The number of benzene rings is 2. The molecule has 2 aromatic carbocycles. The van der Waals surface area contributed by atoms with Crippen LogP contribution in [0.3, 0.4) is 0 Å². The molecule has 140 valence electrons. The van der Waals surface area contributed by atoms with Gasteiger partial charge in [-0.15, -0.1) is 0 Å². The third-order valence-corrected chi connectivity index (χ3v) is 8.95. The standard InChI is InChI=1S/C21H17ClN4Se2/c22-15-11-9-13(10-12-15)18(16-7-4-8-17-20(16)24-25-27-17)21-19(23-26-28-21)14-5-2-1-3-6-14/h1-3,5-6,9-12,16,18H,4,7-8H2/t16-,18-/m0/s1. The van der Waals surface area contributed by atoms with Crippen LogP contribution < -0.4 is 0 Å². The summed E-state index contributed by atoms with van der Waals surface area (Å²) in [5, 5.41) is 9.94. The molecule has 0 N–H and O–H groups in total. The van der Waals surface area contributed by atoms with E-state index in [1.54, 1.807) is 0 Å². The maximum atomic E-state index is 6.19. The third-order valence-electron chi connectivity index (χ3n) is 5.33. The van der Waals surface area contributed by atoms with Crippen LogP contribution in [0.25, 0.3) is 11.3 Å². The number of aryl methyl sites for hydroxylation is 1. The molecule has 1 aliphatic carbocycles. The van der Waals surface area contributed by atoms with Crippen molar-refractivity contribution in [2.24, 2.45) is 0 Å². The molecule has 1 aliphatic rings. The molecule has 28 heavy (non-hydrogen) atoms. The monoisotopic (exact) mass is 520 g/mol. The predicted molar refractivity (Wildman–Crippen MR) is 112 cm³/mol. The average Bonchev–Trinajstić information content (AvgIpc) is 3.40. The van der Waals surface area contributed by atoms with Gasteiger partial charge >= 0.3 is 182 Å². The molecule has 0 saturated heterocycles. The number of hydrogen-bond acceptors (Lipinski definition) is 4. The first kappa shape index (κ1) is 18.5. The van der Waals surface area contributed by atoms with Crippen molar-refractivity contribution < 1.29 is 0 Å². The second-order valence-electron chi connectivity index (χ2n) is 6.96. The number of nitrogens with zero attached hydrogens (tertiary/aromatic N) is 4. The Balaban J connectivity index is 1.67. The summed E-state index contributed by atoms with van der Waals surface area (Å²) < 4.78 is 11.7. The maximum absolute atomic E-state index is 6.19. The minimum atomic E-state index is -0.00542. The molecule has 0 unspecified atom stereocenters. The minimum absolute atomic E-state index is 0.00542. The van der Waals surface area contributed by atoms with Crippen molar-refractivity contribution in [3.8, 4) is 11.3 Å². The van der Waals surface area contributed by atoms with Gasteiger partial charge < -0.3 is 0 Å². The molecule has 0 saturated carbocycles. The quantitative estimate of drug-likeness (QED) is 0.384. The Morgan fingerprint density at radius 1 is 0.929 bits per heavy atom. The number of fused-ring (bicyclic) bond motifs is 1. The zero-order valence-corrected chi connectivity index (χ0v) is 19.1. The van der Waals surface area contributed by atoms with E-state index in [4.69, 9.17) is 11.6 Å². The number of aromatic nitrogens is 4. The summed E-state index contributed by atoms with van der Waals surface area (Å²) in [5.41, 5.74) is 4.68. The molecule has 0 bridgehead atoms. The number of halogens is 1. The fourth-order valence-electron chi connectivity index (χ4n) is 4.05. The topological polar surface area (TPSA) is 51.6 Å². The molecule has 0 amide bonds. The number of rotatable bonds is 4. The molecule has 0 fully saturated rings. The normalized spacial score (nSPS) is 17.2. The first-order valence-electron chi connectivity index (χ1n) is 9.25. The Kier molecular flexibility index (Phi) is 5.32. The van der Waals surface area contributed by atoms with E-state index in [9.17, 15) is 0 Å². The van der Waals surface area contributed by atoms with Crippen LogP contribution >= 0.6 is 11.6 Å². The second kappa shape index (κ2) is 8.06. The molecular formula is C21H17ClN4Se2. The van der Waals surface area contributed by atoms with E-state index in [1.807, 2.05) is 18.2 Å². The van der Waals surface area contributed by atoms with Gasteiger partial charge in [-0.2, -0.15) is 0 Å². The van der Waals surface area contributed by atoms with Crippen LogP contribution in [0.15, 0.2) is 54.6 Å². The van der Waals surface area contributed by atoms with Gasteiger partial charge in [0.25, 0.3) is 0 Å². The first-order chi connectivity index (χ1) is 13.8. The van der Waals surface area contributed by atoms with Gasteiger partial charge in [-0.3, -0.25) is 0 Å². The third kappa shape index (κ3) is 3.45. The van der Waals surface area contributed by atoms with E-state index in [2.05, 4.69) is 54.8 Å². The van der Waals surface area contributed by atoms with Crippen LogP contribution in [0.5, 0.6) is 0 Å². The Morgan fingerprint density at radius 2 is 1.71 bits per heavy atom. The molecule has 4 nitrogen and oxygen atoms in total. The zero-order chi connectivity index (χ0) is 18.9. The van der Waals surface area contributed by atoms with Crippen LogP contribution in [0, 0.1) is 0 Å². The van der Waals surface area contributed by atoms with Crippen molar-refractivity contribution in [3.05, 3.63) is 79.8 Å². The summed E-state index contributed by atoms with van der Waals surface area (Å²) in [4.78, 5) is 0. The molecule has 2 heterocycles.